The van der Waals surface area contributed by atoms with Gasteiger partial charge in [0.1, 0.15) is 5.15 Å². The molecule has 0 aliphatic heterocycles. The fourth-order valence-electron chi connectivity index (χ4n) is 2.95. The first kappa shape index (κ1) is 25.9. The first-order chi connectivity index (χ1) is 14.1. The lowest BCUT2D eigenvalue weighted by Gasteiger charge is -2.15. The summed E-state index contributed by atoms with van der Waals surface area (Å²) < 4.78 is 1.17. The minimum Gasteiger partial charge on any atom is -0.379 e. The van der Waals surface area contributed by atoms with Gasteiger partial charge in [-0.1, -0.05) is 64.6 Å². The number of halogens is 1. The van der Waals surface area contributed by atoms with Gasteiger partial charge in [-0.3, -0.25) is 0 Å². The average Bonchev–Trinajstić information content (AvgIpc) is 3.41. The molecule has 0 unspecified atom stereocenters. The molecule has 1 aliphatic carbocycles. The third kappa shape index (κ3) is 8.63. The van der Waals surface area contributed by atoms with E-state index < -0.39 is 0 Å². The Bertz CT molecular complexity index is 794. The molecule has 6 heteroatoms. The van der Waals surface area contributed by atoms with Crippen LogP contribution in [0.1, 0.15) is 70.2 Å². The lowest BCUT2D eigenvalue weighted by atomic mass is 9.97. The number of hydrogen-bond donors (Lipinski definition) is 2. The molecule has 1 fully saturated rings. The van der Waals surface area contributed by atoms with Crippen molar-refractivity contribution in [2.24, 2.45) is 5.73 Å². The zero-order valence-corrected chi connectivity index (χ0v) is 20.8. The van der Waals surface area contributed by atoms with E-state index in [1.165, 1.54) is 47.2 Å². The number of thiophene rings is 2. The fraction of sp³-hybridized carbons (Fsp3) is 0.522. The second kappa shape index (κ2) is 14.8. The van der Waals surface area contributed by atoms with Crippen molar-refractivity contribution < 1.29 is 0 Å². The molecule has 3 nitrogen and oxygen atoms in total. The van der Waals surface area contributed by atoms with Gasteiger partial charge in [0.2, 0.25) is 0 Å². The molecule has 3 aromatic heterocycles. The van der Waals surface area contributed by atoms with Gasteiger partial charge in [-0.05, 0) is 42.2 Å². The highest BCUT2D eigenvalue weighted by Crippen LogP contribution is 2.33. The summed E-state index contributed by atoms with van der Waals surface area (Å²) in [6.07, 6.45) is 6.66. The van der Waals surface area contributed by atoms with Crippen LogP contribution in [0, 0.1) is 6.92 Å². The molecule has 4 rings (SSSR count). The molecule has 0 atom stereocenters. The van der Waals surface area contributed by atoms with Crippen molar-refractivity contribution in [1.82, 2.24) is 4.98 Å². The summed E-state index contributed by atoms with van der Waals surface area (Å²) in [5.41, 5.74) is 8.88. The van der Waals surface area contributed by atoms with Crippen LogP contribution in [0.15, 0.2) is 29.0 Å². The van der Waals surface area contributed by atoms with E-state index in [0.29, 0.717) is 11.2 Å². The topological polar surface area (TPSA) is 50.9 Å². The van der Waals surface area contributed by atoms with E-state index in [1.807, 2.05) is 33.8 Å². The maximum absolute atomic E-state index is 6.07. The highest BCUT2D eigenvalue weighted by molar-refractivity contribution is 7.18. The smallest absolute Gasteiger partial charge is 0.131 e. The van der Waals surface area contributed by atoms with Gasteiger partial charge in [0.05, 0.1) is 15.9 Å². The van der Waals surface area contributed by atoms with Crippen molar-refractivity contribution in [3.8, 4) is 0 Å². The van der Waals surface area contributed by atoms with Crippen LogP contribution in [0.2, 0.25) is 5.15 Å². The van der Waals surface area contributed by atoms with Gasteiger partial charge in [-0.25, -0.2) is 4.98 Å². The molecule has 0 amide bonds. The minimum absolute atomic E-state index is 0.536. The number of anilines is 1. The van der Waals surface area contributed by atoms with Crippen LogP contribution in [0.3, 0.4) is 0 Å². The number of nitrogens with one attached hydrogen (secondary N) is 1. The van der Waals surface area contributed by atoms with Crippen LogP contribution in [0.4, 0.5) is 5.69 Å². The van der Waals surface area contributed by atoms with Crippen molar-refractivity contribution in [3.05, 3.63) is 44.6 Å². The number of aromatic nitrogens is 1. The molecule has 1 saturated carbocycles. The Kier molecular flexibility index (Phi) is 13.2. The van der Waals surface area contributed by atoms with Crippen LogP contribution in [0.25, 0.3) is 10.2 Å². The number of nitrogens with two attached hydrogens (primary N) is 1. The molecule has 0 spiro atoms. The summed E-state index contributed by atoms with van der Waals surface area (Å²) in [6.45, 7) is 10.9. The van der Waals surface area contributed by atoms with E-state index in [2.05, 4.69) is 40.1 Å². The molecule has 0 radical (unpaired) electrons. The van der Waals surface area contributed by atoms with Gasteiger partial charge in [-0.2, -0.15) is 0 Å². The average molecular weight is 454 g/mol. The molecule has 0 bridgehead atoms. The Balaban J connectivity index is 0.000000321. The highest BCUT2D eigenvalue weighted by atomic mass is 35.5. The predicted molar refractivity (Wildman–Crippen MR) is 135 cm³/mol. The lowest BCUT2D eigenvalue weighted by Crippen LogP contribution is -2.22. The second-order valence-electron chi connectivity index (χ2n) is 6.42. The first-order valence-electron chi connectivity index (χ1n) is 10.7. The van der Waals surface area contributed by atoms with Crippen LogP contribution in [-0.4, -0.2) is 11.0 Å². The molecule has 0 aromatic carbocycles. The van der Waals surface area contributed by atoms with Gasteiger partial charge in [0.15, 0.2) is 0 Å². The van der Waals surface area contributed by atoms with Crippen LogP contribution >= 0.6 is 34.3 Å². The van der Waals surface area contributed by atoms with Crippen LogP contribution in [-0.2, 0) is 6.54 Å². The number of fused-ring (bicyclic) bond motifs is 1. The van der Waals surface area contributed by atoms with E-state index in [1.54, 1.807) is 22.7 Å². The van der Waals surface area contributed by atoms with Crippen molar-refractivity contribution in [3.63, 3.8) is 0 Å². The normalized spacial score (nSPS) is 13.3. The zero-order chi connectivity index (χ0) is 21.6. The van der Waals surface area contributed by atoms with Crippen LogP contribution in [0.5, 0.6) is 0 Å². The monoisotopic (exact) mass is 453 g/mol. The highest BCUT2D eigenvalue weighted by Gasteiger charge is 2.09. The summed E-state index contributed by atoms with van der Waals surface area (Å²) in [4.78, 5) is 5.69. The number of rotatable bonds is 3. The van der Waals surface area contributed by atoms with E-state index in [4.69, 9.17) is 17.3 Å². The molecule has 0 saturated heterocycles. The van der Waals surface area contributed by atoms with E-state index in [9.17, 15) is 0 Å². The molecular weight excluding hydrogens is 418 g/mol. The maximum atomic E-state index is 6.07. The second-order valence-corrected chi connectivity index (χ2v) is 8.72. The lowest BCUT2D eigenvalue weighted by molar-refractivity contribution is 0.441. The summed E-state index contributed by atoms with van der Waals surface area (Å²) in [5, 5.41) is 8.18. The number of aryl methyl sites for hydroxylation is 1. The Morgan fingerprint density at radius 2 is 1.83 bits per heavy atom. The summed E-state index contributed by atoms with van der Waals surface area (Å²) in [7, 11) is 0. The molecule has 162 valence electrons. The summed E-state index contributed by atoms with van der Waals surface area (Å²) >= 11 is 9.52. The van der Waals surface area contributed by atoms with E-state index in [0.717, 1.165) is 17.7 Å². The molecule has 29 heavy (non-hydrogen) atoms. The van der Waals surface area contributed by atoms with Gasteiger partial charge in [-0.15, -0.1) is 22.7 Å². The third-order valence-electron chi connectivity index (χ3n) is 4.35. The van der Waals surface area contributed by atoms with Gasteiger partial charge >= 0.3 is 0 Å². The number of hydrogen-bond acceptors (Lipinski definition) is 5. The van der Waals surface area contributed by atoms with Crippen molar-refractivity contribution in [1.29, 1.82) is 0 Å². The van der Waals surface area contributed by atoms with Crippen molar-refractivity contribution in [2.45, 2.75) is 79.3 Å². The van der Waals surface area contributed by atoms with Crippen molar-refractivity contribution in [2.75, 3.05) is 5.32 Å². The van der Waals surface area contributed by atoms with Crippen LogP contribution < -0.4 is 11.1 Å². The number of nitrogens with zero attached hydrogens (tertiary/aromatic N) is 1. The molecule has 3 aromatic rings. The molecule has 3 heterocycles. The quantitative estimate of drug-likeness (QED) is 0.392. The largest absolute Gasteiger partial charge is 0.379 e. The molecular formula is C23H36ClN3S2. The summed E-state index contributed by atoms with van der Waals surface area (Å²) in [5.74, 6) is 0. The molecule has 1 aliphatic rings. The minimum atomic E-state index is 0.536. The molecule has 3 N–H and O–H groups in total. The standard InChI is InChI=1S/C13H11ClN2S2.C6H13N.2C2H6/c1-8-7-18-13-10(5-11(14)16-12(8)13)15-6-9-3-2-4-17-9;7-6-4-2-1-3-5-6;2*1-2/h2-5,7H,6H2,1H3,(H,15,16);6H,1-5,7H2;2*1-2H3. The third-order valence-corrected chi connectivity index (χ3v) is 6.54. The maximum Gasteiger partial charge on any atom is 0.131 e. The Morgan fingerprint density at radius 1 is 1.14 bits per heavy atom. The summed E-state index contributed by atoms with van der Waals surface area (Å²) in [6, 6.07) is 6.62. The Hall–Kier alpha value is -1.14. The van der Waals surface area contributed by atoms with Gasteiger partial charge in [0.25, 0.3) is 0 Å². The predicted octanol–water partition coefficient (Wildman–Crippen LogP) is 8.26. The Morgan fingerprint density at radius 3 is 2.38 bits per heavy atom. The SMILES string of the molecule is CC.CC.Cc1csc2c(NCc3cccs3)cc(Cl)nc12.NC1CCCCC1. The number of pyridine rings is 1. The fourth-order valence-corrected chi connectivity index (χ4v) is 4.77. The van der Waals surface area contributed by atoms with E-state index in [-0.39, 0.29) is 0 Å². The van der Waals surface area contributed by atoms with Gasteiger partial charge in [0, 0.05) is 23.5 Å². The van der Waals surface area contributed by atoms with E-state index >= 15 is 0 Å². The first-order valence-corrected chi connectivity index (χ1v) is 12.8. The zero-order valence-electron chi connectivity index (χ0n) is 18.4. The van der Waals surface area contributed by atoms with Gasteiger partial charge < -0.3 is 11.1 Å². The van der Waals surface area contributed by atoms with Crippen molar-refractivity contribution >= 4 is 50.2 Å². The Labute approximate surface area is 189 Å².